The normalized spacial score (nSPS) is 21.8. The monoisotopic (exact) mass is 570 g/mol. The van der Waals surface area contributed by atoms with Gasteiger partial charge in [-0.2, -0.15) is 0 Å². The zero-order chi connectivity index (χ0) is 31.2. The van der Waals surface area contributed by atoms with Crippen molar-refractivity contribution in [2.45, 2.75) is 60.0 Å². The van der Waals surface area contributed by atoms with Gasteiger partial charge in [-0.15, -0.1) is 0 Å². The van der Waals surface area contributed by atoms with Crippen LogP contribution in [0.15, 0.2) is 79.1 Å². The highest BCUT2D eigenvalue weighted by Gasteiger charge is 2.62. The minimum Gasteiger partial charge on any atom is -0.478 e. The molecular formula is C32H42O9. The van der Waals surface area contributed by atoms with E-state index in [2.05, 4.69) is 38.7 Å². The first kappa shape index (κ1) is 34.9. The highest BCUT2D eigenvalue weighted by Crippen LogP contribution is 2.66. The van der Waals surface area contributed by atoms with Gasteiger partial charge in [0, 0.05) is 23.1 Å². The Labute approximate surface area is 242 Å². The number of carboxylic acid groups (broad SMARTS) is 1. The third-order valence-electron chi connectivity index (χ3n) is 7.65. The van der Waals surface area contributed by atoms with Gasteiger partial charge in [-0.25, -0.2) is 19.2 Å². The predicted octanol–water partition coefficient (Wildman–Crippen LogP) is 5.82. The van der Waals surface area contributed by atoms with Gasteiger partial charge in [0.05, 0.1) is 19.3 Å². The fraction of sp³-hybridized carbons (Fsp3) is 0.438. The summed E-state index contributed by atoms with van der Waals surface area (Å²) < 4.78 is 19.8. The molecule has 3 unspecified atom stereocenters. The number of ether oxygens (including phenoxy) is 4. The van der Waals surface area contributed by atoms with Crippen molar-refractivity contribution < 1.29 is 43.2 Å². The van der Waals surface area contributed by atoms with E-state index in [1.54, 1.807) is 38.1 Å². The van der Waals surface area contributed by atoms with Crippen LogP contribution >= 0.6 is 0 Å². The molecule has 2 aliphatic carbocycles. The van der Waals surface area contributed by atoms with Crippen LogP contribution in [0.4, 0.5) is 0 Å². The van der Waals surface area contributed by atoms with Gasteiger partial charge in [-0.3, -0.25) is 0 Å². The fourth-order valence-electron chi connectivity index (χ4n) is 4.83. The number of para-hydroxylation sites is 1. The van der Waals surface area contributed by atoms with Gasteiger partial charge in [0.1, 0.15) is 18.1 Å². The molecular weight excluding hydrogens is 528 g/mol. The second-order valence-electron chi connectivity index (χ2n) is 10.4. The summed E-state index contributed by atoms with van der Waals surface area (Å²) in [6, 6.07) is 8.80. The Balaban J connectivity index is 0.000000339. The summed E-state index contributed by atoms with van der Waals surface area (Å²) in [5.74, 6) is -1.17. The van der Waals surface area contributed by atoms with Crippen molar-refractivity contribution in [2.24, 2.45) is 16.7 Å². The van der Waals surface area contributed by atoms with Crippen LogP contribution in [0, 0.1) is 16.7 Å². The summed E-state index contributed by atoms with van der Waals surface area (Å²) in [5.41, 5.74) is 0.922. The van der Waals surface area contributed by atoms with Crippen molar-refractivity contribution in [1.82, 2.24) is 0 Å². The zero-order valence-corrected chi connectivity index (χ0v) is 24.8. The molecule has 2 bridgehead atoms. The topological polar surface area (TPSA) is 125 Å². The molecule has 1 N–H and O–H groups in total. The van der Waals surface area contributed by atoms with Crippen LogP contribution in [0.1, 0.15) is 53.9 Å². The minimum atomic E-state index is -1.16. The molecule has 0 aliphatic heterocycles. The van der Waals surface area contributed by atoms with E-state index < -0.39 is 11.9 Å². The van der Waals surface area contributed by atoms with Gasteiger partial charge in [0.15, 0.2) is 0 Å². The molecule has 0 heterocycles. The predicted molar refractivity (Wildman–Crippen MR) is 155 cm³/mol. The number of benzene rings is 1. The summed E-state index contributed by atoms with van der Waals surface area (Å²) in [4.78, 5) is 43.5. The lowest BCUT2D eigenvalue weighted by Crippen LogP contribution is -2.38. The number of fused-ring (bicyclic) bond motifs is 2. The average Bonchev–Trinajstić information content (AvgIpc) is 3.27. The number of carboxylic acids is 1. The van der Waals surface area contributed by atoms with E-state index in [4.69, 9.17) is 19.3 Å². The smallest absolute Gasteiger partial charge is 0.341 e. The number of hydrogen-bond acceptors (Lipinski definition) is 8. The van der Waals surface area contributed by atoms with Crippen molar-refractivity contribution in [3.8, 4) is 5.75 Å². The molecule has 41 heavy (non-hydrogen) atoms. The van der Waals surface area contributed by atoms with Crippen molar-refractivity contribution >= 4 is 23.9 Å². The summed E-state index contributed by atoms with van der Waals surface area (Å²) >= 11 is 0. The first-order chi connectivity index (χ1) is 19.2. The maximum Gasteiger partial charge on any atom is 0.341 e. The Morgan fingerprint density at radius 1 is 1.07 bits per heavy atom. The van der Waals surface area contributed by atoms with Crippen molar-refractivity contribution in [3.63, 3.8) is 0 Å². The number of carbonyl (C=O) groups is 4. The number of hydrogen-bond donors (Lipinski definition) is 1. The van der Waals surface area contributed by atoms with Gasteiger partial charge in [-0.05, 0) is 62.7 Å². The highest BCUT2D eigenvalue weighted by molar-refractivity contribution is 5.93. The van der Waals surface area contributed by atoms with Crippen molar-refractivity contribution in [3.05, 3.63) is 79.1 Å². The Morgan fingerprint density at radius 2 is 1.71 bits per heavy atom. The maximum absolute atomic E-state index is 11.6. The first-order valence-corrected chi connectivity index (χ1v) is 13.3. The Kier molecular flexibility index (Phi) is 13.8. The molecule has 2 saturated carbocycles. The van der Waals surface area contributed by atoms with Crippen molar-refractivity contribution in [1.29, 1.82) is 0 Å². The van der Waals surface area contributed by atoms with Gasteiger partial charge in [0.25, 0.3) is 0 Å². The molecule has 1 aromatic rings. The molecule has 0 amide bonds. The van der Waals surface area contributed by atoms with Crippen LogP contribution in [0.25, 0.3) is 0 Å². The first-order valence-electron chi connectivity index (χ1n) is 13.3. The van der Waals surface area contributed by atoms with E-state index in [1.807, 2.05) is 6.07 Å². The van der Waals surface area contributed by atoms with Crippen LogP contribution in [-0.2, 0) is 33.4 Å². The van der Waals surface area contributed by atoms with Crippen LogP contribution in [0.2, 0.25) is 0 Å². The molecule has 224 valence electrons. The molecule has 2 fully saturated rings. The average molecular weight is 571 g/mol. The Bertz CT molecular complexity index is 1150. The van der Waals surface area contributed by atoms with Gasteiger partial charge in [0.2, 0.25) is 0 Å². The van der Waals surface area contributed by atoms with E-state index >= 15 is 0 Å². The van der Waals surface area contributed by atoms with Crippen LogP contribution < -0.4 is 4.74 Å². The molecule has 0 radical (unpaired) electrons. The summed E-state index contributed by atoms with van der Waals surface area (Å²) in [6.07, 6.45) is 7.99. The number of carbonyl (C=O) groups excluding carboxylic acids is 3. The molecule has 2 aliphatic rings. The summed E-state index contributed by atoms with van der Waals surface area (Å²) in [7, 11) is 1.33. The zero-order valence-electron chi connectivity index (χ0n) is 24.8. The number of rotatable bonds is 9. The maximum atomic E-state index is 11.6. The molecule has 0 saturated heterocycles. The lowest BCUT2D eigenvalue weighted by molar-refractivity contribution is -0.150. The molecule has 9 nitrogen and oxygen atoms in total. The van der Waals surface area contributed by atoms with Crippen LogP contribution in [-0.4, -0.2) is 48.8 Å². The van der Waals surface area contributed by atoms with Crippen LogP contribution in [0.3, 0.4) is 0 Å². The Morgan fingerprint density at radius 3 is 2.12 bits per heavy atom. The molecule has 0 aromatic heterocycles. The third kappa shape index (κ3) is 10.1. The van der Waals surface area contributed by atoms with E-state index in [0.29, 0.717) is 22.7 Å². The summed E-state index contributed by atoms with van der Waals surface area (Å²) in [6.45, 7) is 17.2. The lowest BCUT2D eigenvalue weighted by atomic mass is 9.70. The third-order valence-corrected chi connectivity index (χ3v) is 7.65. The van der Waals surface area contributed by atoms with E-state index in [0.717, 1.165) is 24.8 Å². The van der Waals surface area contributed by atoms with Crippen LogP contribution in [0.5, 0.6) is 5.75 Å². The number of methoxy groups -OCH3 is 1. The minimum absolute atomic E-state index is 0.0214. The molecule has 1 aromatic carbocycles. The van der Waals surface area contributed by atoms with Gasteiger partial charge < -0.3 is 24.1 Å². The van der Waals surface area contributed by atoms with Gasteiger partial charge >= 0.3 is 23.9 Å². The van der Waals surface area contributed by atoms with Crippen molar-refractivity contribution in [2.75, 3.05) is 13.7 Å². The highest BCUT2D eigenvalue weighted by atomic mass is 16.5. The quantitative estimate of drug-likeness (QED) is 0.128. The Hall–Kier alpha value is -4.14. The second kappa shape index (κ2) is 16.2. The van der Waals surface area contributed by atoms with E-state index in [9.17, 15) is 19.2 Å². The van der Waals surface area contributed by atoms with Gasteiger partial charge in [-0.1, -0.05) is 52.1 Å². The molecule has 3 rings (SSSR count). The SMILES string of the molecule is C=C(C)C(=O)OC.C=CC(=O)OC1CC2CCC1(C)C2(C)C.CCOC(=O)C(C=CC(=O)O)=COc1ccccc1. The molecule has 3 atom stereocenters. The fourth-order valence-corrected chi connectivity index (χ4v) is 4.83. The largest absolute Gasteiger partial charge is 0.478 e. The number of esters is 3. The standard InChI is InChI=1S/C14H14O5.C13H20O2.C5H8O2/c1-2-18-14(17)11(8-9-13(15)16)10-19-12-6-4-3-5-7-12;1-5-11(14)15-10-8-9-6-7-13(10,4)12(9,2)3;1-4(2)5(6)7-3/h3-10H,2H2,1H3,(H,15,16);5,9-10H,1,6-8H2,2-4H3;1H2,2-3H3. The molecule has 9 heteroatoms. The molecule has 0 spiro atoms. The van der Waals surface area contributed by atoms with E-state index in [1.165, 1.54) is 26.0 Å². The second-order valence-corrected chi connectivity index (χ2v) is 10.4. The van der Waals surface area contributed by atoms with E-state index in [-0.39, 0.29) is 35.6 Å². The lowest BCUT2D eigenvalue weighted by Gasteiger charge is -2.38. The summed E-state index contributed by atoms with van der Waals surface area (Å²) in [5, 5.41) is 8.55. The number of aliphatic carboxylic acids is 1.